The van der Waals surface area contributed by atoms with Crippen molar-refractivity contribution in [2.75, 3.05) is 5.32 Å². The lowest BCUT2D eigenvalue weighted by Gasteiger charge is -2.15. The lowest BCUT2D eigenvalue weighted by Crippen LogP contribution is -2.28. The fraction of sp³-hybridized carbons (Fsp3) is 0.667. The van der Waals surface area contributed by atoms with Crippen molar-refractivity contribution in [3.05, 3.63) is 12.3 Å². The van der Waals surface area contributed by atoms with Crippen LogP contribution in [0.1, 0.15) is 20.8 Å². The summed E-state index contributed by atoms with van der Waals surface area (Å²) < 4.78 is 1.84. The predicted molar refractivity (Wildman–Crippen MR) is 52.7 cm³/mol. The van der Waals surface area contributed by atoms with E-state index in [2.05, 4.69) is 10.4 Å². The van der Waals surface area contributed by atoms with Crippen LogP contribution in [0.5, 0.6) is 0 Å². The fourth-order valence-electron chi connectivity index (χ4n) is 0.969. The predicted octanol–water partition coefficient (Wildman–Crippen LogP) is 1.08. The number of hydrogen-bond donors (Lipinski definition) is 2. The van der Waals surface area contributed by atoms with E-state index in [1.807, 2.05) is 30.8 Å². The Bertz CT molecular complexity index is 257. The Morgan fingerprint density at radius 1 is 1.62 bits per heavy atom. The Labute approximate surface area is 78.6 Å². The lowest BCUT2D eigenvalue weighted by molar-refractivity contribution is 0.177. The van der Waals surface area contributed by atoms with Crippen LogP contribution >= 0.6 is 0 Å². The molecule has 1 rings (SSSR count). The van der Waals surface area contributed by atoms with Crippen LogP contribution in [0.3, 0.4) is 0 Å². The fourth-order valence-corrected chi connectivity index (χ4v) is 0.969. The van der Waals surface area contributed by atoms with Gasteiger partial charge in [0, 0.05) is 18.8 Å². The van der Waals surface area contributed by atoms with E-state index < -0.39 is 0 Å². The summed E-state index contributed by atoms with van der Waals surface area (Å²) in [5, 5.41) is 16.6. The van der Waals surface area contributed by atoms with Gasteiger partial charge in [-0.2, -0.15) is 5.10 Å². The third-order valence-corrected chi connectivity index (χ3v) is 2.06. The minimum Gasteiger partial charge on any atom is -0.391 e. The maximum atomic E-state index is 9.25. The highest BCUT2D eigenvalue weighted by atomic mass is 16.3. The van der Waals surface area contributed by atoms with Gasteiger partial charge >= 0.3 is 0 Å². The van der Waals surface area contributed by atoms with Crippen molar-refractivity contribution in [2.24, 2.45) is 0 Å². The smallest absolute Gasteiger partial charge is 0.148 e. The van der Waals surface area contributed by atoms with E-state index >= 15 is 0 Å². The number of anilines is 1. The van der Waals surface area contributed by atoms with E-state index in [-0.39, 0.29) is 12.1 Å². The Kier molecular flexibility index (Phi) is 3.31. The third-order valence-electron chi connectivity index (χ3n) is 2.06. The topological polar surface area (TPSA) is 50.1 Å². The van der Waals surface area contributed by atoms with Crippen LogP contribution in [-0.2, 0) is 6.54 Å². The molecule has 0 fully saturated rings. The SMILES string of the molecule is CCn1ccc(NC(C)C(C)O)n1. The van der Waals surface area contributed by atoms with Crippen LogP contribution in [0.15, 0.2) is 12.3 Å². The summed E-state index contributed by atoms with van der Waals surface area (Å²) in [6, 6.07) is 1.93. The van der Waals surface area contributed by atoms with Crippen LogP contribution in [0, 0.1) is 0 Å². The van der Waals surface area contributed by atoms with Crippen molar-refractivity contribution >= 4 is 5.82 Å². The molecule has 1 aromatic heterocycles. The van der Waals surface area contributed by atoms with Gasteiger partial charge in [0.25, 0.3) is 0 Å². The normalized spacial score (nSPS) is 15.4. The first-order valence-corrected chi connectivity index (χ1v) is 4.61. The molecule has 74 valence electrons. The molecule has 0 saturated heterocycles. The molecule has 1 heterocycles. The van der Waals surface area contributed by atoms with E-state index in [1.54, 1.807) is 6.92 Å². The maximum absolute atomic E-state index is 9.25. The van der Waals surface area contributed by atoms with Gasteiger partial charge in [-0.1, -0.05) is 0 Å². The average molecular weight is 183 g/mol. The molecule has 0 aliphatic carbocycles. The highest BCUT2D eigenvalue weighted by Crippen LogP contribution is 2.06. The molecule has 1 aromatic rings. The molecule has 0 bridgehead atoms. The molecule has 0 amide bonds. The summed E-state index contributed by atoms with van der Waals surface area (Å²) in [6.45, 7) is 6.59. The highest BCUT2D eigenvalue weighted by molar-refractivity contribution is 5.33. The molecule has 2 unspecified atom stereocenters. The van der Waals surface area contributed by atoms with Crippen molar-refractivity contribution in [1.29, 1.82) is 0 Å². The Hall–Kier alpha value is -1.03. The number of aliphatic hydroxyl groups excluding tert-OH is 1. The minimum absolute atomic E-state index is 0.0280. The van der Waals surface area contributed by atoms with Gasteiger partial charge < -0.3 is 10.4 Å². The molecule has 2 N–H and O–H groups in total. The number of nitrogens with one attached hydrogen (secondary N) is 1. The first-order valence-electron chi connectivity index (χ1n) is 4.61. The number of aliphatic hydroxyl groups is 1. The summed E-state index contributed by atoms with van der Waals surface area (Å²) in [5.74, 6) is 0.815. The van der Waals surface area contributed by atoms with Crippen LogP contribution in [0.25, 0.3) is 0 Å². The Morgan fingerprint density at radius 3 is 2.77 bits per heavy atom. The van der Waals surface area contributed by atoms with Crippen molar-refractivity contribution in [3.8, 4) is 0 Å². The maximum Gasteiger partial charge on any atom is 0.148 e. The molecule has 0 saturated carbocycles. The zero-order valence-corrected chi connectivity index (χ0v) is 8.36. The molecule has 4 nitrogen and oxygen atoms in total. The Balaban J connectivity index is 2.53. The number of nitrogens with zero attached hydrogens (tertiary/aromatic N) is 2. The van der Waals surface area contributed by atoms with Crippen LogP contribution in [-0.4, -0.2) is 27.0 Å². The largest absolute Gasteiger partial charge is 0.391 e. The van der Waals surface area contributed by atoms with E-state index in [0.717, 1.165) is 12.4 Å². The zero-order valence-electron chi connectivity index (χ0n) is 8.36. The molecule has 4 heteroatoms. The van der Waals surface area contributed by atoms with Gasteiger partial charge in [-0.15, -0.1) is 0 Å². The molecule has 0 aliphatic rings. The van der Waals surface area contributed by atoms with Gasteiger partial charge in [-0.25, -0.2) is 0 Å². The summed E-state index contributed by atoms with van der Waals surface area (Å²) in [4.78, 5) is 0. The second-order valence-corrected chi connectivity index (χ2v) is 3.23. The van der Waals surface area contributed by atoms with Gasteiger partial charge in [0.05, 0.1) is 12.1 Å². The van der Waals surface area contributed by atoms with E-state index in [1.165, 1.54) is 0 Å². The Morgan fingerprint density at radius 2 is 2.31 bits per heavy atom. The summed E-state index contributed by atoms with van der Waals surface area (Å²) in [5.41, 5.74) is 0. The first kappa shape index (κ1) is 10.1. The number of hydrogen-bond acceptors (Lipinski definition) is 3. The second-order valence-electron chi connectivity index (χ2n) is 3.23. The zero-order chi connectivity index (χ0) is 9.84. The van der Waals surface area contributed by atoms with Crippen LogP contribution in [0.2, 0.25) is 0 Å². The van der Waals surface area contributed by atoms with E-state index in [9.17, 15) is 5.11 Å². The summed E-state index contributed by atoms with van der Waals surface area (Å²) >= 11 is 0. The number of aromatic nitrogens is 2. The van der Waals surface area contributed by atoms with E-state index in [0.29, 0.717) is 0 Å². The lowest BCUT2D eigenvalue weighted by atomic mass is 10.2. The molecule has 13 heavy (non-hydrogen) atoms. The molecule has 2 atom stereocenters. The molecule has 0 aromatic carbocycles. The van der Waals surface area contributed by atoms with Gasteiger partial charge in [0.2, 0.25) is 0 Å². The molecular formula is C9H17N3O. The minimum atomic E-state index is -0.369. The third kappa shape index (κ3) is 2.73. The number of rotatable bonds is 4. The van der Waals surface area contributed by atoms with Crippen molar-refractivity contribution in [3.63, 3.8) is 0 Å². The van der Waals surface area contributed by atoms with Crippen molar-refractivity contribution in [1.82, 2.24) is 9.78 Å². The summed E-state index contributed by atoms with van der Waals surface area (Å²) in [7, 11) is 0. The van der Waals surface area contributed by atoms with Crippen LogP contribution in [0.4, 0.5) is 5.82 Å². The molecular weight excluding hydrogens is 166 g/mol. The summed E-state index contributed by atoms with van der Waals surface area (Å²) in [6.07, 6.45) is 1.55. The van der Waals surface area contributed by atoms with Crippen molar-refractivity contribution in [2.45, 2.75) is 39.5 Å². The van der Waals surface area contributed by atoms with Gasteiger partial charge in [-0.05, 0) is 20.8 Å². The quantitative estimate of drug-likeness (QED) is 0.734. The monoisotopic (exact) mass is 183 g/mol. The standard InChI is InChI=1S/C9H17N3O/c1-4-12-6-5-9(11-12)10-7(2)8(3)13/h5-8,13H,4H2,1-3H3,(H,10,11). The average Bonchev–Trinajstić information content (AvgIpc) is 2.52. The highest BCUT2D eigenvalue weighted by Gasteiger charge is 2.08. The first-order chi connectivity index (χ1) is 6.13. The van der Waals surface area contributed by atoms with Crippen LogP contribution < -0.4 is 5.32 Å². The van der Waals surface area contributed by atoms with Gasteiger partial charge in [0.1, 0.15) is 5.82 Å². The number of aryl methyl sites for hydroxylation is 1. The molecule has 0 spiro atoms. The second kappa shape index (κ2) is 4.28. The van der Waals surface area contributed by atoms with Gasteiger partial charge in [0.15, 0.2) is 0 Å². The molecule has 0 aliphatic heterocycles. The van der Waals surface area contributed by atoms with Gasteiger partial charge in [-0.3, -0.25) is 4.68 Å². The van der Waals surface area contributed by atoms with Crippen molar-refractivity contribution < 1.29 is 5.11 Å². The van der Waals surface area contributed by atoms with E-state index in [4.69, 9.17) is 0 Å². The molecule has 0 radical (unpaired) electrons.